The van der Waals surface area contributed by atoms with Crippen molar-refractivity contribution in [1.82, 2.24) is 14.5 Å². The molecule has 170 valence electrons. The summed E-state index contributed by atoms with van der Waals surface area (Å²) >= 11 is 0. The summed E-state index contributed by atoms with van der Waals surface area (Å²) in [5.74, 6) is 0.695. The van der Waals surface area contributed by atoms with Crippen LogP contribution in [0.3, 0.4) is 0 Å². The van der Waals surface area contributed by atoms with Crippen LogP contribution in [-0.4, -0.2) is 40.1 Å². The molecule has 2 aliphatic rings. The van der Waals surface area contributed by atoms with Crippen molar-refractivity contribution >= 4 is 17.5 Å². The summed E-state index contributed by atoms with van der Waals surface area (Å²) in [6, 6.07) is 13.0. The number of aromatic nitrogens is 3. The molecule has 1 aliphatic heterocycles. The molecular weight excluding hydrogens is 418 g/mol. The van der Waals surface area contributed by atoms with Crippen molar-refractivity contribution in [2.24, 2.45) is 12.5 Å². The van der Waals surface area contributed by atoms with E-state index in [1.165, 1.54) is 0 Å². The van der Waals surface area contributed by atoms with E-state index in [1.807, 2.05) is 43.3 Å². The highest BCUT2D eigenvalue weighted by Gasteiger charge is 2.44. The van der Waals surface area contributed by atoms with E-state index in [9.17, 15) is 9.59 Å². The lowest BCUT2D eigenvalue weighted by Gasteiger charge is -2.34. The van der Waals surface area contributed by atoms with Gasteiger partial charge in [0, 0.05) is 48.7 Å². The van der Waals surface area contributed by atoms with Gasteiger partial charge in [0.2, 0.25) is 11.9 Å². The Balaban J connectivity index is 1.34. The zero-order chi connectivity index (χ0) is 23.0. The molecule has 0 bridgehead atoms. The molecule has 1 atom stereocenters. The minimum Gasteiger partial charge on any atom is -0.370 e. The van der Waals surface area contributed by atoms with Crippen LogP contribution in [0.25, 0.3) is 11.3 Å². The molecule has 1 amide bonds. The van der Waals surface area contributed by atoms with Crippen LogP contribution >= 0.6 is 0 Å². The summed E-state index contributed by atoms with van der Waals surface area (Å²) in [6.07, 6.45) is 5.11. The average Bonchev–Trinajstić information content (AvgIpc) is 3.60. The highest BCUT2D eigenvalue weighted by Crippen LogP contribution is 2.45. The van der Waals surface area contributed by atoms with Crippen molar-refractivity contribution in [3.8, 4) is 11.3 Å². The Hall–Kier alpha value is -3.52. The van der Waals surface area contributed by atoms with Crippen LogP contribution in [0, 0.1) is 5.41 Å². The minimum absolute atomic E-state index is 0.0800. The number of nitrogens with one attached hydrogen (secondary N) is 1. The molecule has 2 aromatic heterocycles. The van der Waals surface area contributed by atoms with Crippen LogP contribution in [0.1, 0.15) is 31.4 Å². The zero-order valence-electron chi connectivity index (χ0n) is 18.8. The topological polar surface area (TPSA) is 89.3 Å². The molecule has 8 nitrogen and oxygen atoms in total. The number of ether oxygens (including phenoxy) is 1. The molecule has 1 saturated carbocycles. The van der Waals surface area contributed by atoms with Gasteiger partial charge in [-0.15, -0.1) is 0 Å². The summed E-state index contributed by atoms with van der Waals surface area (Å²) in [5, 5.41) is 3.00. The molecule has 8 heteroatoms. The molecule has 5 rings (SSSR count). The van der Waals surface area contributed by atoms with Crippen molar-refractivity contribution < 1.29 is 9.53 Å². The van der Waals surface area contributed by atoms with Gasteiger partial charge in [0.15, 0.2) is 0 Å². The first kappa shape index (κ1) is 21.3. The fourth-order valence-corrected chi connectivity index (χ4v) is 3.99. The normalized spacial score (nSPS) is 19.2. The third kappa shape index (κ3) is 4.39. The fourth-order valence-electron chi connectivity index (χ4n) is 3.99. The lowest BCUT2D eigenvalue weighted by Crippen LogP contribution is -2.41. The molecule has 3 heterocycles. The van der Waals surface area contributed by atoms with E-state index in [1.54, 1.807) is 30.1 Å². The van der Waals surface area contributed by atoms with Gasteiger partial charge in [-0.2, -0.15) is 0 Å². The Morgan fingerprint density at radius 3 is 2.58 bits per heavy atom. The average molecular weight is 446 g/mol. The van der Waals surface area contributed by atoms with Crippen LogP contribution in [0.4, 0.5) is 11.6 Å². The van der Waals surface area contributed by atoms with Gasteiger partial charge in [-0.1, -0.05) is 19.1 Å². The number of carbonyl (C=O) groups is 1. The number of carbonyl (C=O) groups excluding carboxylic acids is 1. The second-order valence-corrected chi connectivity index (χ2v) is 9.02. The summed E-state index contributed by atoms with van der Waals surface area (Å²) in [7, 11) is 1.74. The predicted octanol–water partition coefficient (Wildman–Crippen LogP) is 3.16. The number of hydrogen-bond acceptors (Lipinski definition) is 6. The Morgan fingerprint density at radius 2 is 1.88 bits per heavy atom. The van der Waals surface area contributed by atoms with Gasteiger partial charge < -0.3 is 15.0 Å². The van der Waals surface area contributed by atoms with Crippen LogP contribution in [0.5, 0.6) is 0 Å². The summed E-state index contributed by atoms with van der Waals surface area (Å²) in [6.45, 7) is 3.73. The van der Waals surface area contributed by atoms with E-state index >= 15 is 0 Å². The van der Waals surface area contributed by atoms with Gasteiger partial charge in [0.25, 0.3) is 5.56 Å². The fraction of sp³-hybridized carbons (Fsp3) is 0.360. The lowest BCUT2D eigenvalue weighted by molar-refractivity contribution is -0.120. The maximum Gasteiger partial charge on any atom is 0.255 e. The van der Waals surface area contributed by atoms with Crippen molar-refractivity contribution in [1.29, 1.82) is 0 Å². The van der Waals surface area contributed by atoms with Crippen LogP contribution < -0.4 is 15.8 Å². The lowest BCUT2D eigenvalue weighted by atomic mass is 10.1. The first-order valence-corrected chi connectivity index (χ1v) is 11.2. The molecule has 1 aromatic carbocycles. The maximum absolute atomic E-state index is 12.6. The standard InChI is InChI=1S/C25H27N5O3/c1-25(9-10-25)23(32)27-19-5-3-18(4-6-19)21-16-30(13-14-33-21)24-28-20(15-22(31)29(24)2)17-7-11-26-12-8-17/h3-8,11-12,15,21H,9-10,13-14,16H2,1-2H3,(H,27,32)/t21-/m1/s1. The molecule has 1 aliphatic carbocycles. The quantitative estimate of drug-likeness (QED) is 0.649. The molecule has 33 heavy (non-hydrogen) atoms. The largest absolute Gasteiger partial charge is 0.370 e. The molecule has 0 spiro atoms. The summed E-state index contributed by atoms with van der Waals surface area (Å²) in [5.41, 5.74) is 2.97. The van der Waals surface area contributed by atoms with E-state index in [0.717, 1.165) is 29.7 Å². The van der Waals surface area contributed by atoms with E-state index in [-0.39, 0.29) is 23.0 Å². The first-order valence-electron chi connectivity index (χ1n) is 11.2. The molecule has 0 radical (unpaired) electrons. The minimum atomic E-state index is -0.209. The second-order valence-electron chi connectivity index (χ2n) is 9.02. The Labute approximate surface area is 192 Å². The first-order chi connectivity index (χ1) is 15.9. The van der Waals surface area contributed by atoms with E-state index in [4.69, 9.17) is 9.72 Å². The third-order valence-corrected chi connectivity index (χ3v) is 6.53. The Morgan fingerprint density at radius 1 is 1.15 bits per heavy atom. The number of anilines is 2. The Bertz CT molecular complexity index is 1220. The Kier molecular flexibility index (Phi) is 5.46. The number of nitrogens with zero attached hydrogens (tertiary/aromatic N) is 4. The van der Waals surface area contributed by atoms with E-state index < -0.39 is 0 Å². The van der Waals surface area contributed by atoms with Crippen LogP contribution in [0.2, 0.25) is 0 Å². The SMILES string of the molecule is Cn1c(N2CCO[C@@H](c3ccc(NC(=O)C4(C)CC4)cc3)C2)nc(-c2ccncc2)cc1=O. The van der Waals surface area contributed by atoms with Gasteiger partial charge in [0.05, 0.1) is 18.8 Å². The number of amides is 1. The zero-order valence-corrected chi connectivity index (χ0v) is 18.8. The smallest absolute Gasteiger partial charge is 0.255 e. The molecule has 2 fully saturated rings. The molecular formula is C25H27N5O3. The van der Waals surface area contributed by atoms with Gasteiger partial charge in [-0.25, -0.2) is 4.98 Å². The number of benzene rings is 1. The molecule has 1 N–H and O–H groups in total. The highest BCUT2D eigenvalue weighted by atomic mass is 16.5. The third-order valence-electron chi connectivity index (χ3n) is 6.53. The maximum atomic E-state index is 12.6. The predicted molar refractivity (Wildman–Crippen MR) is 126 cm³/mol. The van der Waals surface area contributed by atoms with Gasteiger partial charge in [-0.05, 0) is 42.7 Å². The van der Waals surface area contributed by atoms with Crippen molar-refractivity contribution in [3.63, 3.8) is 0 Å². The van der Waals surface area contributed by atoms with Crippen LogP contribution in [0.15, 0.2) is 59.7 Å². The van der Waals surface area contributed by atoms with Gasteiger partial charge in [0.1, 0.15) is 6.10 Å². The van der Waals surface area contributed by atoms with Gasteiger partial charge >= 0.3 is 0 Å². The molecule has 1 saturated heterocycles. The number of morpholine rings is 1. The van der Waals surface area contributed by atoms with Crippen molar-refractivity contribution in [2.75, 3.05) is 29.9 Å². The second kappa shape index (κ2) is 8.44. The van der Waals surface area contributed by atoms with Gasteiger partial charge in [-0.3, -0.25) is 19.1 Å². The number of rotatable bonds is 5. The summed E-state index contributed by atoms with van der Waals surface area (Å²) in [4.78, 5) is 35.9. The van der Waals surface area contributed by atoms with Crippen LogP contribution in [-0.2, 0) is 16.6 Å². The number of pyridine rings is 1. The summed E-state index contributed by atoms with van der Waals surface area (Å²) < 4.78 is 7.61. The van der Waals surface area contributed by atoms with Crippen molar-refractivity contribution in [3.05, 3.63) is 70.8 Å². The highest BCUT2D eigenvalue weighted by molar-refractivity contribution is 5.96. The monoisotopic (exact) mass is 445 g/mol. The molecule has 0 unspecified atom stereocenters. The van der Waals surface area contributed by atoms with E-state index in [2.05, 4.69) is 15.2 Å². The van der Waals surface area contributed by atoms with Crippen molar-refractivity contribution in [2.45, 2.75) is 25.9 Å². The number of hydrogen-bond donors (Lipinski definition) is 1. The molecule has 3 aromatic rings. The van der Waals surface area contributed by atoms with E-state index in [0.29, 0.717) is 31.3 Å².